The molecule has 3 aromatic rings. The summed E-state index contributed by atoms with van der Waals surface area (Å²) in [4.78, 5) is 11.3. The van der Waals surface area contributed by atoms with Gasteiger partial charge in [0, 0.05) is 37.9 Å². The monoisotopic (exact) mass is 505 g/mol. The van der Waals surface area contributed by atoms with Crippen LogP contribution in [0.3, 0.4) is 0 Å². The van der Waals surface area contributed by atoms with Crippen molar-refractivity contribution in [1.82, 2.24) is 15.6 Å². The Labute approximate surface area is 189 Å². The third-order valence-corrected chi connectivity index (χ3v) is 4.25. The number of halogens is 1. The average Bonchev–Trinajstić information content (AvgIpc) is 3.22. The summed E-state index contributed by atoms with van der Waals surface area (Å²) in [5.74, 6) is 1.39. The Morgan fingerprint density at radius 1 is 1.03 bits per heavy atom. The van der Waals surface area contributed by atoms with Gasteiger partial charge in [-0.3, -0.25) is 0 Å². The Hall–Kier alpha value is -2.55. The van der Waals surface area contributed by atoms with Crippen LogP contribution in [0.15, 0.2) is 76.3 Å². The van der Waals surface area contributed by atoms with E-state index in [9.17, 15) is 0 Å². The van der Waals surface area contributed by atoms with Crippen molar-refractivity contribution in [3.8, 4) is 11.5 Å². The van der Waals surface area contributed by atoms with Gasteiger partial charge in [0.05, 0.1) is 6.54 Å². The zero-order chi connectivity index (χ0) is 19.6. The van der Waals surface area contributed by atoms with Gasteiger partial charge < -0.3 is 20.0 Å². The number of nitrogens with zero attached hydrogens (tertiary/aromatic N) is 3. The molecule has 0 saturated heterocycles. The molecule has 2 aromatic carbocycles. The lowest BCUT2D eigenvalue weighted by Crippen LogP contribution is -2.41. The highest BCUT2D eigenvalue weighted by Crippen LogP contribution is 2.18. The first-order valence-electron chi connectivity index (χ1n) is 9.54. The van der Waals surface area contributed by atoms with Crippen molar-refractivity contribution in [3.63, 3.8) is 0 Å². The van der Waals surface area contributed by atoms with Crippen LogP contribution in [0.2, 0.25) is 0 Å². The zero-order valence-corrected chi connectivity index (χ0v) is 19.2. The van der Waals surface area contributed by atoms with Gasteiger partial charge in [-0.25, -0.2) is 9.98 Å². The number of aromatic nitrogens is 1. The number of nitrogens with one attached hydrogen (secondary N) is 2. The van der Waals surface area contributed by atoms with E-state index in [0.717, 1.165) is 36.9 Å². The van der Waals surface area contributed by atoms with Crippen molar-refractivity contribution in [2.75, 3.05) is 31.6 Å². The third-order valence-electron chi connectivity index (χ3n) is 4.25. The number of aliphatic imine (C=N–C) groups is 1. The molecule has 154 valence electrons. The van der Waals surface area contributed by atoms with E-state index in [1.54, 1.807) is 6.26 Å². The minimum Gasteiger partial charge on any atom is -0.444 e. The molecule has 0 atom stereocenters. The lowest BCUT2D eigenvalue weighted by atomic mass is 10.2. The summed E-state index contributed by atoms with van der Waals surface area (Å²) in [6.07, 6.45) is 1.67. The number of hydrogen-bond donors (Lipinski definition) is 2. The van der Waals surface area contributed by atoms with Crippen LogP contribution in [0.25, 0.3) is 11.5 Å². The molecule has 0 aliphatic rings. The number of guanidine groups is 1. The van der Waals surface area contributed by atoms with Gasteiger partial charge >= 0.3 is 0 Å². The maximum atomic E-state index is 5.58. The van der Waals surface area contributed by atoms with Crippen molar-refractivity contribution in [1.29, 1.82) is 0 Å². The Morgan fingerprint density at radius 2 is 1.72 bits per heavy atom. The van der Waals surface area contributed by atoms with Crippen LogP contribution < -0.4 is 15.5 Å². The first-order valence-corrected chi connectivity index (χ1v) is 9.54. The third kappa shape index (κ3) is 7.08. The molecule has 0 aliphatic heterocycles. The van der Waals surface area contributed by atoms with Gasteiger partial charge in [0.15, 0.2) is 5.96 Å². The van der Waals surface area contributed by atoms with Gasteiger partial charge in [0.2, 0.25) is 5.89 Å². The largest absolute Gasteiger partial charge is 0.444 e. The molecule has 3 rings (SSSR count). The highest BCUT2D eigenvalue weighted by Gasteiger charge is 2.06. The molecular weight excluding hydrogens is 477 g/mol. The number of hydrogen-bond acceptors (Lipinski definition) is 4. The normalized spacial score (nSPS) is 10.9. The van der Waals surface area contributed by atoms with Crippen LogP contribution >= 0.6 is 24.0 Å². The molecule has 6 nitrogen and oxygen atoms in total. The van der Waals surface area contributed by atoms with E-state index in [1.165, 1.54) is 5.69 Å². The number of rotatable bonds is 8. The molecule has 0 radical (unpaired) electrons. The second kappa shape index (κ2) is 12.1. The van der Waals surface area contributed by atoms with Crippen molar-refractivity contribution in [3.05, 3.63) is 72.6 Å². The summed E-state index contributed by atoms with van der Waals surface area (Å²) in [6, 6.07) is 20.2. The van der Waals surface area contributed by atoms with Crippen molar-refractivity contribution >= 4 is 35.6 Å². The molecule has 2 N–H and O–H groups in total. The van der Waals surface area contributed by atoms with Gasteiger partial charge in [0.25, 0.3) is 0 Å². The maximum Gasteiger partial charge on any atom is 0.226 e. The molecule has 7 heteroatoms. The van der Waals surface area contributed by atoms with Crippen molar-refractivity contribution in [2.24, 2.45) is 4.99 Å². The molecule has 0 aliphatic carbocycles. The van der Waals surface area contributed by atoms with Gasteiger partial charge in [-0.15, -0.1) is 24.0 Å². The van der Waals surface area contributed by atoms with E-state index in [2.05, 4.69) is 51.6 Å². The van der Waals surface area contributed by atoms with Crippen LogP contribution in [0.1, 0.15) is 12.6 Å². The first-order chi connectivity index (χ1) is 13.8. The Kier molecular flexibility index (Phi) is 9.49. The van der Waals surface area contributed by atoms with Gasteiger partial charge in [-0.2, -0.15) is 0 Å². The molecule has 0 spiro atoms. The standard InChI is InChI=1S/C22H27N5O.HI/c1-3-23-22(24-14-15-27(2)20-12-8-5-9-13-20)25-16-19-17-28-21(26-19)18-10-6-4-7-11-18;/h4-13,17H,3,14-16H2,1-2H3,(H2,23,24,25);1H. The fraction of sp³-hybridized carbons (Fsp3) is 0.273. The minimum absolute atomic E-state index is 0. The van der Waals surface area contributed by atoms with Gasteiger partial charge in [-0.1, -0.05) is 36.4 Å². The lowest BCUT2D eigenvalue weighted by Gasteiger charge is -2.20. The van der Waals surface area contributed by atoms with Crippen LogP contribution in [-0.2, 0) is 6.54 Å². The minimum atomic E-state index is 0. The van der Waals surface area contributed by atoms with Gasteiger partial charge in [-0.05, 0) is 31.2 Å². The predicted molar refractivity (Wildman–Crippen MR) is 130 cm³/mol. The zero-order valence-electron chi connectivity index (χ0n) is 16.8. The summed E-state index contributed by atoms with van der Waals surface area (Å²) in [7, 11) is 2.08. The molecule has 29 heavy (non-hydrogen) atoms. The first kappa shape index (κ1) is 22.7. The van der Waals surface area contributed by atoms with Crippen molar-refractivity contribution < 1.29 is 4.42 Å². The van der Waals surface area contributed by atoms with Crippen LogP contribution in [-0.4, -0.2) is 37.6 Å². The summed E-state index contributed by atoms with van der Waals surface area (Å²) in [5, 5.41) is 6.64. The number of oxazole rings is 1. The van der Waals surface area contributed by atoms with Crippen LogP contribution in [0.4, 0.5) is 5.69 Å². The van der Waals surface area contributed by atoms with E-state index in [1.807, 2.05) is 48.5 Å². The maximum absolute atomic E-state index is 5.58. The lowest BCUT2D eigenvalue weighted by molar-refractivity contribution is 0.572. The number of benzene rings is 2. The fourth-order valence-corrected chi connectivity index (χ4v) is 2.75. The summed E-state index contributed by atoms with van der Waals surface area (Å²) >= 11 is 0. The molecule has 0 unspecified atom stereocenters. The SMILES string of the molecule is CCNC(=NCc1coc(-c2ccccc2)n1)NCCN(C)c1ccccc1.I. The van der Waals surface area contributed by atoms with E-state index < -0.39 is 0 Å². The summed E-state index contributed by atoms with van der Waals surface area (Å²) < 4.78 is 5.58. The van der Waals surface area contributed by atoms with Crippen LogP contribution in [0.5, 0.6) is 0 Å². The van der Waals surface area contributed by atoms with E-state index in [-0.39, 0.29) is 24.0 Å². The second-order valence-electron chi connectivity index (χ2n) is 6.39. The second-order valence-corrected chi connectivity index (χ2v) is 6.39. The molecule has 0 saturated carbocycles. The average molecular weight is 505 g/mol. The topological polar surface area (TPSA) is 65.7 Å². The van der Waals surface area contributed by atoms with E-state index in [4.69, 9.17) is 4.42 Å². The molecule has 1 aromatic heterocycles. The Morgan fingerprint density at radius 3 is 2.41 bits per heavy atom. The van der Waals surface area contributed by atoms with E-state index in [0.29, 0.717) is 12.4 Å². The molecule has 0 bridgehead atoms. The van der Waals surface area contributed by atoms with E-state index >= 15 is 0 Å². The Balaban J connectivity index is 0.00000300. The number of anilines is 1. The molecule has 1 heterocycles. The van der Waals surface area contributed by atoms with Gasteiger partial charge in [0.1, 0.15) is 12.0 Å². The summed E-state index contributed by atoms with van der Waals surface area (Å²) in [6.45, 7) is 4.97. The van der Waals surface area contributed by atoms with Crippen molar-refractivity contribution in [2.45, 2.75) is 13.5 Å². The predicted octanol–water partition coefficient (Wildman–Crippen LogP) is 4.15. The molecule has 0 amide bonds. The fourth-order valence-electron chi connectivity index (χ4n) is 2.75. The number of para-hydroxylation sites is 1. The Bertz CT molecular complexity index is 867. The summed E-state index contributed by atoms with van der Waals surface area (Å²) in [5.41, 5.74) is 2.96. The van der Waals surface area contributed by atoms with Crippen LogP contribution in [0, 0.1) is 0 Å². The number of likely N-dealkylation sites (N-methyl/N-ethyl adjacent to an activating group) is 1. The highest BCUT2D eigenvalue weighted by atomic mass is 127. The molecule has 0 fully saturated rings. The molecular formula is C22H28IN5O. The smallest absolute Gasteiger partial charge is 0.226 e. The quantitative estimate of drug-likeness (QED) is 0.274. The highest BCUT2D eigenvalue weighted by molar-refractivity contribution is 14.0.